The van der Waals surface area contributed by atoms with E-state index in [9.17, 15) is 31.4 Å². The van der Waals surface area contributed by atoms with E-state index < -0.39 is 30.1 Å². The molecule has 0 saturated heterocycles. The van der Waals surface area contributed by atoms with Gasteiger partial charge in [-0.3, -0.25) is 0 Å². The van der Waals surface area contributed by atoms with E-state index in [-0.39, 0.29) is 28.1 Å². The molecule has 0 unspecified atom stereocenters. The van der Waals surface area contributed by atoms with Crippen LogP contribution in [0.25, 0.3) is 22.5 Å². The van der Waals surface area contributed by atoms with Crippen molar-refractivity contribution in [3.05, 3.63) is 77.4 Å². The molecular formula is C20H13F6NO. The summed E-state index contributed by atoms with van der Waals surface area (Å²) in [4.78, 5) is 4.24. The minimum Gasteiger partial charge on any atom is -0.392 e. The maximum Gasteiger partial charge on any atom is 0.416 e. The third-order valence-electron chi connectivity index (χ3n) is 4.10. The van der Waals surface area contributed by atoms with Gasteiger partial charge < -0.3 is 5.11 Å². The van der Waals surface area contributed by atoms with E-state index in [1.165, 1.54) is 36.4 Å². The first-order chi connectivity index (χ1) is 13.1. The minimum atomic E-state index is -4.56. The summed E-state index contributed by atoms with van der Waals surface area (Å²) in [6, 6.07) is 11.7. The highest BCUT2D eigenvalue weighted by molar-refractivity contribution is 5.69. The van der Waals surface area contributed by atoms with Gasteiger partial charge in [-0.1, -0.05) is 30.3 Å². The number of alkyl halides is 6. The first kappa shape index (κ1) is 19.9. The van der Waals surface area contributed by atoms with Crippen LogP contribution in [-0.2, 0) is 19.0 Å². The summed E-state index contributed by atoms with van der Waals surface area (Å²) in [6.07, 6.45) is -9.10. The lowest BCUT2D eigenvalue weighted by molar-refractivity contribution is -0.138. The van der Waals surface area contributed by atoms with Gasteiger partial charge in [-0.25, -0.2) is 4.98 Å². The first-order valence-electron chi connectivity index (χ1n) is 8.05. The molecule has 0 atom stereocenters. The molecule has 0 spiro atoms. The highest BCUT2D eigenvalue weighted by Gasteiger charge is 2.31. The Morgan fingerprint density at radius 1 is 0.714 bits per heavy atom. The molecule has 0 saturated carbocycles. The highest BCUT2D eigenvalue weighted by Crippen LogP contribution is 2.35. The van der Waals surface area contributed by atoms with E-state index in [4.69, 9.17) is 0 Å². The van der Waals surface area contributed by atoms with Crippen molar-refractivity contribution in [2.75, 3.05) is 0 Å². The first-order valence-corrected chi connectivity index (χ1v) is 8.05. The molecule has 0 amide bonds. The SMILES string of the molecule is OCc1ccc(-c2cccc(C(F)(F)F)c2)nc1-c1cccc(C(F)(F)F)c1. The number of rotatable bonds is 3. The molecule has 3 aromatic rings. The molecule has 1 N–H and O–H groups in total. The number of hydrogen-bond acceptors (Lipinski definition) is 2. The molecule has 146 valence electrons. The van der Waals surface area contributed by atoms with E-state index in [0.717, 1.165) is 24.3 Å². The normalized spacial score (nSPS) is 12.2. The van der Waals surface area contributed by atoms with Crippen LogP contribution >= 0.6 is 0 Å². The fraction of sp³-hybridized carbons (Fsp3) is 0.150. The van der Waals surface area contributed by atoms with Gasteiger partial charge in [0.05, 0.1) is 29.1 Å². The van der Waals surface area contributed by atoms with Gasteiger partial charge in [0.25, 0.3) is 0 Å². The topological polar surface area (TPSA) is 33.1 Å². The van der Waals surface area contributed by atoms with Gasteiger partial charge in [-0.05, 0) is 30.3 Å². The lowest BCUT2D eigenvalue weighted by atomic mass is 10.0. The molecule has 1 aromatic heterocycles. The zero-order chi connectivity index (χ0) is 20.5. The van der Waals surface area contributed by atoms with E-state index >= 15 is 0 Å². The zero-order valence-electron chi connectivity index (χ0n) is 14.1. The maximum atomic E-state index is 13.0. The molecule has 0 aliphatic rings. The van der Waals surface area contributed by atoms with Gasteiger partial charge in [0.1, 0.15) is 0 Å². The van der Waals surface area contributed by atoms with Crippen LogP contribution in [0.5, 0.6) is 0 Å². The molecule has 0 radical (unpaired) electrons. The maximum absolute atomic E-state index is 13.0. The molecule has 28 heavy (non-hydrogen) atoms. The van der Waals surface area contributed by atoms with Crippen molar-refractivity contribution < 1.29 is 31.4 Å². The number of halogens is 6. The molecule has 0 aliphatic carbocycles. The molecule has 0 fully saturated rings. The molecule has 3 rings (SSSR count). The van der Waals surface area contributed by atoms with Crippen LogP contribution in [0.15, 0.2) is 60.7 Å². The zero-order valence-corrected chi connectivity index (χ0v) is 14.1. The molecule has 2 aromatic carbocycles. The fourth-order valence-electron chi connectivity index (χ4n) is 2.72. The van der Waals surface area contributed by atoms with Crippen molar-refractivity contribution in [1.82, 2.24) is 4.98 Å². The predicted molar refractivity (Wildman–Crippen MR) is 91.0 cm³/mol. The highest BCUT2D eigenvalue weighted by atomic mass is 19.4. The summed E-state index contributed by atoms with van der Waals surface area (Å²) in [5.74, 6) is 0. The Morgan fingerprint density at radius 2 is 1.25 bits per heavy atom. The van der Waals surface area contributed by atoms with Gasteiger partial charge in [0.2, 0.25) is 0 Å². The number of pyridine rings is 1. The third-order valence-corrected chi connectivity index (χ3v) is 4.10. The Labute approximate surface area is 156 Å². The van der Waals surface area contributed by atoms with Gasteiger partial charge in [-0.2, -0.15) is 26.3 Å². The van der Waals surface area contributed by atoms with Crippen LogP contribution in [0.1, 0.15) is 16.7 Å². The second-order valence-electron chi connectivity index (χ2n) is 6.02. The summed E-state index contributed by atoms with van der Waals surface area (Å²) >= 11 is 0. The molecule has 8 heteroatoms. The summed E-state index contributed by atoms with van der Waals surface area (Å²) in [5, 5.41) is 9.51. The third kappa shape index (κ3) is 4.17. The smallest absolute Gasteiger partial charge is 0.392 e. The van der Waals surface area contributed by atoms with Crippen LogP contribution in [0, 0.1) is 0 Å². The number of aromatic nitrogens is 1. The second kappa shape index (κ2) is 7.27. The number of benzene rings is 2. The lowest BCUT2D eigenvalue weighted by Gasteiger charge is -2.13. The number of nitrogens with zero attached hydrogens (tertiary/aromatic N) is 1. The van der Waals surface area contributed by atoms with Crippen molar-refractivity contribution in [3.63, 3.8) is 0 Å². The summed E-state index contributed by atoms with van der Waals surface area (Å²) < 4.78 is 77.8. The van der Waals surface area contributed by atoms with Crippen LogP contribution in [0.2, 0.25) is 0 Å². The number of aliphatic hydroxyl groups is 1. The Kier molecular flexibility index (Phi) is 5.16. The fourth-order valence-corrected chi connectivity index (χ4v) is 2.72. The van der Waals surface area contributed by atoms with E-state index in [1.807, 2.05) is 0 Å². The Morgan fingerprint density at radius 3 is 1.79 bits per heavy atom. The van der Waals surface area contributed by atoms with Crippen LogP contribution in [0.3, 0.4) is 0 Å². The average Bonchev–Trinajstić information content (AvgIpc) is 2.66. The van der Waals surface area contributed by atoms with Crippen molar-refractivity contribution in [3.8, 4) is 22.5 Å². The molecule has 1 heterocycles. The van der Waals surface area contributed by atoms with E-state index in [2.05, 4.69) is 4.98 Å². The molecule has 2 nitrogen and oxygen atoms in total. The standard InChI is InChI=1S/C20H13F6NO/c21-19(22,23)15-5-1-3-12(9-15)17-8-7-14(11-28)18(27-17)13-4-2-6-16(10-13)20(24,25)26/h1-10,28H,11H2. The Bertz CT molecular complexity index is 994. The van der Waals surface area contributed by atoms with Crippen molar-refractivity contribution in [2.45, 2.75) is 19.0 Å². The van der Waals surface area contributed by atoms with Crippen LogP contribution in [0.4, 0.5) is 26.3 Å². The molecular weight excluding hydrogens is 384 g/mol. The molecule has 0 aliphatic heterocycles. The van der Waals surface area contributed by atoms with E-state index in [0.29, 0.717) is 0 Å². The van der Waals surface area contributed by atoms with Gasteiger partial charge in [-0.15, -0.1) is 0 Å². The summed E-state index contributed by atoms with van der Waals surface area (Å²) in [5.41, 5.74) is -1.01. The van der Waals surface area contributed by atoms with Crippen molar-refractivity contribution >= 4 is 0 Å². The monoisotopic (exact) mass is 397 g/mol. The van der Waals surface area contributed by atoms with Crippen LogP contribution in [-0.4, -0.2) is 10.1 Å². The van der Waals surface area contributed by atoms with Crippen molar-refractivity contribution in [2.24, 2.45) is 0 Å². The lowest BCUT2D eigenvalue weighted by Crippen LogP contribution is -2.05. The van der Waals surface area contributed by atoms with Crippen LogP contribution < -0.4 is 0 Å². The number of aliphatic hydroxyl groups excluding tert-OH is 1. The molecule has 0 bridgehead atoms. The Hall–Kier alpha value is -2.87. The quantitative estimate of drug-likeness (QED) is 0.555. The summed E-state index contributed by atoms with van der Waals surface area (Å²) in [6.45, 7) is -0.485. The minimum absolute atomic E-state index is 0.0727. The van der Waals surface area contributed by atoms with Gasteiger partial charge >= 0.3 is 12.4 Å². The van der Waals surface area contributed by atoms with Gasteiger partial charge in [0, 0.05) is 16.7 Å². The van der Waals surface area contributed by atoms with E-state index in [1.54, 1.807) is 0 Å². The second-order valence-corrected chi connectivity index (χ2v) is 6.02. The Balaban J connectivity index is 2.12. The number of hydrogen-bond donors (Lipinski definition) is 1. The summed E-state index contributed by atoms with van der Waals surface area (Å²) in [7, 11) is 0. The van der Waals surface area contributed by atoms with Gasteiger partial charge in [0.15, 0.2) is 0 Å². The largest absolute Gasteiger partial charge is 0.416 e. The average molecular weight is 397 g/mol. The predicted octanol–water partition coefficient (Wildman–Crippen LogP) is 5.95. The van der Waals surface area contributed by atoms with Crippen molar-refractivity contribution in [1.29, 1.82) is 0 Å².